The van der Waals surface area contributed by atoms with Gasteiger partial charge in [-0.25, -0.2) is 9.97 Å². The zero-order chi connectivity index (χ0) is 17.0. The van der Waals surface area contributed by atoms with Crippen molar-refractivity contribution < 1.29 is 18.0 Å². The van der Waals surface area contributed by atoms with Crippen molar-refractivity contribution >= 4 is 35.0 Å². The Balaban J connectivity index is 1.98. The Morgan fingerprint density at radius 3 is 2.78 bits per heavy atom. The summed E-state index contributed by atoms with van der Waals surface area (Å²) in [7, 11) is 0. The van der Waals surface area contributed by atoms with E-state index in [1.54, 1.807) is 25.1 Å². The van der Waals surface area contributed by atoms with Gasteiger partial charge in [-0.1, -0.05) is 29.4 Å². The van der Waals surface area contributed by atoms with E-state index >= 15 is 0 Å². The van der Waals surface area contributed by atoms with E-state index in [0.717, 1.165) is 24.0 Å². The number of hydrogen-bond donors (Lipinski definition) is 1. The summed E-state index contributed by atoms with van der Waals surface area (Å²) < 4.78 is 37.6. The van der Waals surface area contributed by atoms with E-state index in [-0.39, 0.29) is 16.8 Å². The molecular weight excluding hydrogens is 351 g/mol. The number of rotatable bonds is 4. The Bertz CT molecular complexity index is 725. The van der Waals surface area contributed by atoms with E-state index < -0.39 is 11.9 Å². The molecule has 0 spiro atoms. The van der Waals surface area contributed by atoms with Gasteiger partial charge in [-0.15, -0.1) is 0 Å². The zero-order valence-corrected chi connectivity index (χ0v) is 13.4. The van der Waals surface area contributed by atoms with Crippen LogP contribution in [0.2, 0.25) is 5.02 Å². The summed E-state index contributed by atoms with van der Waals surface area (Å²) in [6.07, 6.45) is -3.53. The van der Waals surface area contributed by atoms with Crippen LogP contribution in [0.4, 0.5) is 18.9 Å². The third-order valence-electron chi connectivity index (χ3n) is 2.80. The summed E-state index contributed by atoms with van der Waals surface area (Å²) in [5, 5.41) is 3.04. The standard InChI is InChI=1S/C14H11ClF3N3OS/c1-8-9(15)3-2-4-10(8)20-12(22)7-23-13-19-6-5-11(21-13)14(16,17)18/h2-6H,7H2,1H3,(H,20,22). The molecule has 0 aliphatic carbocycles. The number of carbonyl (C=O) groups is 1. The highest BCUT2D eigenvalue weighted by Crippen LogP contribution is 2.28. The lowest BCUT2D eigenvalue weighted by Gasteiger charge is -2.09. The van der Waals surface area contributed by atoms with Gasteiger partial charge in [0.05, 0.1) is 5.75 Å². The van der Waals surface area contributed by atoms with E-state index in [1.165, 1.54) is 0 Å². The minimum absolute atomic E-state index is 0.113. The molecule has 2 aromatic rings. The Labute approximate surface area is 139 Å². The van der Waals surface area contributed by atoms with Crippen LogP contribution in [0.25, 0.3) is 0 Å². The number of nitrogens with zero attached hydrogens (tertiary/aromatic N) is 2. The molecule has 1 amide bonds. The molecular formula is C14H11ClF3N3OS. The van der Waals surface area contributed by atoms with Crippen LogP contribution in [0.5, 0.6) is 0 Å². The first-order chi connectivity index (χ1) is 10.8. The molecule has 1 heterocycles. The molecule has 0 bridgehead atoms. The fourth-order valence-electron chi connectivity index (χ4n) is 1.63. The first-order valence-corrected chi connectivity index (χ1v) is 7.72. The van der Waals surface area contributed by atoms with Crippen LogP contribution < -0.4 is 5.32 Å². The summed E-state index contributed by atoms with van der Waals surface area (Å²) in [4.78, 5) is 19.0. The molecule has 0 saturated carbocycles. The van der Waals surface area contributed by atoms with Crippen molar-refractivity contribution in [3.05, 3.63) is 46.7 Å². The smallest absolute Gasteiger partial charge is 0.325 e. The number of alkyl halides is 3. The number of amides is 1. The van der Waals surface area contributed by atoms with Crippen LogP contribution in [0.1, 0.15) is 11.3 Å². The number of halogens is 4. The number of nitrogens with one attached hydrogen (secondary N) is 1. The second-order valence-electron chi connectivity index (χ2n) is 4.47. The van der Waals surface area contributed by atoms with Crippen LogP contribution in [-0.2, 0) is 11.0 Å². The maximum atomic E-state index is 12.5. The molecule has 122 valence electrons. The lowest BCUT2D eigenvalue weighted by Crippen LogP contribution is -2.15. The van der Waals surface area contributed by atoms with E-state index in [0.29, 0.717) is 16.3 Å². The predicted molar refractivity (Wildman–Crippen MR) is 82.6 cm³/mol. The van der Waals surface area contributed by atoms with Gasteiger partial charge in [-0.3, -0.25) is 4.79 Å². The van der Waals surface area contributed by atoms with Gasteiger partial charge in [0.1, 0.15) is 5.69 Å². The van der Waals surface area contributed by atoms with Gasteiger partial charge in [0, 0.05) is 16.9 Å². The first-order valence-electron chi connectivity index (χ1n) is 6.35. The summed E-state index contributed by atoms with van der Waals surface area (Å²) >= 11 is 6.77. The second kappa shape index (κ2) is 7.18. The minimum Gasteiger partial charge on any atom is -0.325 e. The molecule has 0 unspecified atom stereocenters. The number of hydrogen-bond acceptors (Lipinski definition) is 4. The summed E-state index contributed by atoms with van der Waals surface area (Å²) in [6, 6.07) is 5.84. The lowest BCUT2D eigenvalue weighted by atomic mass is 10.2. The van der Waals surface area contributed by atoms with Crippen LogP contribution >= 0.6 is 23.4 Å². The molecule has 23 heavy (non-hydrogen) atoms. The van der Waals surface area contributed by atoms with Crippen LogP contribution in [0.3, 0.4) is 0 Å². The molecule has 4 nitrogen and oxygen atoms in total. The third-order valence-corrected chi connectivity index (χ3v) is 4.07. The minimum atomic E-state index is -4.54. The Kier molecular flexibility index (Phi) is 5.48. The van der Waals surface area contributed by atoms with Crippen molar-refractivity contribution in [3.8, 4) is 0 Å². The van der Waals surface area contributed by atoms with Crippen LogP contribution in [0.15, 0.2) is 35.6 Å². The van der Waals surface area contributed by atoms with Crippen molar-refractivity contribution in [1.82, 2.24) is 9.97 Å². The summed E-state index contributed by atoms with van der Waals surface area (Å²) in [6.45, 7) is 1.75. The van der Waals surface area contributed by atoms with Crippen molar-refractivity contribution in [1.29, 1.82) is 0 Å². The Morgan fingerprint density at radius 2 is 2.09 bits per heavy atom. The number of anilines is 1. The van der Waals surface area contributed by atoms with E-state index in [2.05, 4.69) is 15.3 Å². The normalized spacial score (nSPS) is 11.3. The average molecular weight is 362 g/mol. The van der Waals surface area contributed by atoms with Gasteiger partial charge < -0.3 is 5.32 Å². The highest BCUT2D eigenvalue weighted by atomic mass is 35.5. The van der Waals surface area contributed by atoms with Gasteiger partial charge >= 0.3 is 6.18 Å². The Hall–Kier alpha value is -1.80. The van der Waals surface area contributed by atoms with E-state index in [4.69, 9.17) is 11.6 Å². The van der Waals surface area contributed by atoms with Crippen molar-refractivity contribution in [3.63, 3.8) is 0 Å². The number of benzene rings is 1. The summed E-state index contributed by atoms with van der Waals surface area (Å²) in [5.41, 5.74) is 0.219. The highest BCUT2D eigenvalue weighted by Gasteiger charge is 2.32. The van der Waals surface area contributed by atoms with Crippen LogP contribution in [0, 0.1) is 6.92 Å². The summed E-state index contributed by atoms with van der Waals surface area (Å²) in [5.74, 6) is -0.505. The van der Waals surface area contributed by atoms with Crippen LogP contribution in [-0.4, -0.2) is 21.6 Å². The number of carbonyl (C=O) groups excluding carboxylic acids is 1. The van der Waals surface area contributed by atoms with Crippen molar-refractivity contribution in [2.45, 2.75) is 18.3 Å². The molecule has 0 saturated heterocycles. The first kappa shape index (κ1) is 17.6. The third kappa shape index (κ3) is 4.84. The van der Waals surface area contributed by atoms with E-state index in [9.17, 15) is 18.0 Å². The SMILES string of the molecule is Cc1c(Cl)cccc1NC(=O)CSc1nccc(C(F)(F)F)n1. The maximum Gasteiger partial charge on any atom is 0.433 e. The molecule has 0 aliphatic heterocycles. The maximum absolute atomic E-state index is 12.5. The van der Waals surface area contributed by atoms with Gasteiger partial charge in [-0.2, -0.15) is 13.2 Å². The molecule has 1 N–H and O–H groups in total. The van der Waals surface area contributed by atoms with Gasteiger partial charge in [0.15, 0.2) is 5.16 Å². The fourth-order valence-corrected chi connectivity index (χ4v) is 2.43. The molecule has 0 atom stereocenters. The fraction of sp³-hybridized carbons (Fsp3) is 0.214. The molecule has 0 fully saturated rings. The monoisotopic (exact) mass is 361 g/mol. The molecule has 2 rings (SSSR count). The molecule has 0 radical (unpaired) electrons. The average Bonchev–Trinajstić information content (AvgIpc) is 2.49. The molecule has 1 aromatic carbocycles. The van der Waals surface area contributed by atoms with Crippen molar-refractivity contribution in [2.75, 3.05) is 11.1 Å². The number of aromatic nitrogens is 2. The quantitative estimate of drug-likeness (QED) is 0.655. The van der Waals surface area contributed by atoms with Gasteiger partial charge in [0.2, 0.25) is 5.91 Å². The van der Waals surface area contributed by atoms with Gasteiger partial charge in [-0.05, 0) is 30.7 Å². The van der Waals surface area contributed by atoms with Gasteiger partial charge in [0.25, 0.3) is 0 Å². The lowest BCUT2D eigenvalue weighted by molar-refractivity contribution is -0.141. The Morgan fingerprint density at radius 1 is 1.35 bits per heavy atom. The molecule has 9 heteroatoms. The van der Waals surface area contributed by atoms with Crippen molar-refractivity contribution in [2.24, 2.45) is 0 Å². The largest absolute Gasteiger partial charge is 0.433 e. The second-order valence-corrected chi connectivity index (χ2v) is 5.82. The topological polar surface area (TPSA) is 54.9 Å². The number of thioether (sulfide) groups is 1. The van der Waals surface area contributed by atoms with E-state index in [1.807, 2.05) is 0 Å². The molecule has 1 aromatic heterocycles. The predicted octanol–water partition coefficient (Wildman–Crippen LogP) is 4.19. The molecule has 0 aliphatic rings. The zero-order valence-electron chi connectivity index (χ0n) is 11.8. The highest BCUT2D eigenvalue weighted by molar-refractivity contribution is 7.99.